The lowest BCUT2D eigenvalue weighted by atomic mass is 10.0. The van der Waals surface area contributed by atoms with Crippen LogP contribution in [0.3, 0.4) is 0 Å². The molecule has 0 aliphatic carbocycles. The average molecular weight is 382 g/mol. The molecule has 0 radical (unpaired) electrons. The zero-order valence-corrected chi connectivity index (χ0v) is 15.7. The van der Waals surface area contributed by atoms with Crippen molar-refractivity contribution in [3.63, 3.8) is 0 Å². The van der Waals surface area contributed by atoms with Crippen LogP contribution in [0.5, 0.6) is 0 Å². The number of likely N-dealkylation sites (tertiary alicyclic amines) is 1. The number of rotatable bonds is 4. The van der Waals surface area contributed by atoms with E-state index in [-0.39, 0.29) is 11.7 Å². The Balaban J connectivity index is 1.36. The molecule has 0 atom stereocenters. The molecule has 2 aromatic rings. The quantitative estimate of drug-likeness (QED) is 0.812. The molecule has 1 spiro atoms. The number of Topliss-reactive ketones (excluding diaryl/α,β-unsaturated/α-hetero) is 1. The van der Waals surface area contributed by atoms with E-state index in [0.717, 1.165) is 5.69 Å². The fraction of sp³-hybridized carbons (Fsp3) is 0.400. The van der Waals surface area contributed by atoms with E-state index in [1.54, 1.807) is 29.2 Å². The first-order valence-electron chi connectivity index (χ1n) is 9.32. The van der Waals surface area contributed by atoms with Crippen LogP contribution in [0.15, 0.2) is 36.7 Å². The number of nitrogens with one attached hydrogen (secondary N) is 1. The summed E-state index contributed by atoms with van der Waals surface area (Å²) in [4.78, 5) is 34.3. The predicted octanol–water partition coefficient (Wildman–Crippen LogP) is 2.40. The number of benzene rings is 1. The summed E-state index contributed by atoms with van der Waals surface area (Å²) < 4.78 is 11.4. The maximum Gasteiger partial charge on any atom is 0.256 e. The van der Waals surface area contributed by atoms with Gasteiger partial charge in [-0.2, -0.15) is 0 Å². The molecule has 2 aliphatic heterocycles. The average Bonchev–Trinajstić information content (AvgIpc) is 3.17. The SMILES string of the molecule is CC(=O)c1ccc(Nc2ncc(C(=O)N3CCC4(CC3)OCCO4)cn2)cc1. The zero-order chi connectivity index (χ0) is 19.6. The topological polar surface area (TPSA) is 93.7 Å². The molecule has 8 heteroatoms. The molecule has 4 rings (SSSR count). The highest BCUT2D eigenvalue weighted by Crippen LogP contribution is 2.31. The number of hydrogen-bond donors (Lipinski definition) is 1. The lowest BCUT2D eigenvalue weighted by molar-refractivity contribution is -0.181. The summed E-state index contributed by atoms with van der Waals surface area (Å²) in [5, 5.41) is 3.06. The van der Waals surface area contributed by atoms with Gasteiger partial charge in [-0.25, -0.2) is 9.97 Å². The van der Waals surface area contributed by atoms with E-state index in [2.05, 4.69) is 15.3 Å². The molecule has 0 saturated carbocycles. The van der Waals surface area contributed by atoms with Gasteiger partial charge in [-0.15, -0.1) is 0 Å². The van der Waals surface area contributed by atoms with Crippen molar-refractivity contribution in [2.45, 2.75) is 25.6 Å². The maximum absolute atomic E-state index is 12.7. The van der Waals surface area contributed by atoms with Crippen LogP contribution in [0, 0.1) is 0 Å². The minimum absolute atomic E-state index is 0.0142. The summed E-state index contributed by atoms with van der Waals surface area (Å²) >= 11 is 0. The molecule has 3 heterocycles. The van der Waals surface area contributed by atoms with Crippen molar-refractivity contribution in [1.82, 2.24) is 14.9 Å². The van der Waals surface area contributed by atoms with Crippen molar-refractivity contribution in [1.29, 1.82) is 0 Å². The highest BCUT2D eigenvalue weighted by atomic mass is 16.7. The summed E-state index contributed by atoms with van der Waals surface area (Å²) in [6.45, 7) is 3.93. The van der Waals surface area contributed by atoms with Gasteiger partial charge in [-0.1, -0.05) is 0 Å². The number of carbonyl (C=O) groups excluding carboxylic acids is 2. The van der Waals surface area contributed by atoms with Crippen LogP contribution in [0.25, 0.3) is 0 Å². The number of piperidine rings is 1. The van der Waals surface area contributed by atoms with Gasteiger partial charge in [0.25, 0.3) is 5.91 Å². The molecule has 1 aromatic heterocycles. The first-order chi connectivity index (χ1) is 13.5. The Morgan fingerprint density at radius 2 is 1.61 bits per heavy atom. The fourth-order valence-corrected chi connectivity index (χ4v) is 3.44. The van der Waals surface area contributed by atoms with Crippen LogP contribution in [0.2, 0.25) is 0 Å². The molecule has 2 saturated heterocycles. The third kappa shape index (κ3) is 3.88. The lowest BCUT2D eigenvalue weighted by Crippen LogP contribution is -2.47. The second kappa shape index (κ2) is 7.65. The number of anilines is 2. The second-order valence-electron chi connectivity index (χ2n) is 6.95. The Morgan fingerprint density at radius 1 is 1.00 bits per heavy atom. The monoisotopic (exact) mass is 382 g/mol. The third-order valence-corrected chi connectivity index (χ3v) is 5.07. The van der Waals surface area contributed by atoms with Crippen LogP contribution in [-0.2, 0) is 9.47 Å². The first kappa shape index (κ1) is 18.5. The minimum atomic E-state index is -0.501. The van der Waals surface area contributed by atoms with Crippen LogP contribution >= 0.6 is 0 Å². The summed E-state index contributed by atoms with van der Waals surface area (Å²) in [5.41, 5.74) is 1.85. The lowest BCUT2D eigenvalue weighted by Gasteiger charge is -2.37. The molecule has 8 nitrogen and oxygen atoms in total. The second-order valence-corrected chi connectivity index (χ2v) is 6.95. The van der Waals surface area contributed by atoms with E-state index in [1.807, 2.05) is 0 Å². The highest BCUT2D eigenvalue weighted by molar-refractivity contribution is 5.94. The van der Waals surface area contributed by atoms with E-state index >= 15 is 0 Å². The van der Waals surface area contributed by atoms with Gasteiger partial charge in [0.05, 0.1) is 18.8 Å². The number of ketones is 1. The molecule has 1 aromatic carbocycles. The van der Waals surface area contributed by atoms with Gasteiger partial charge in [0.1, 0.15) is 0 Å². The molecule has 2 fully saturated rings. The summed E-state index contributed by atoms with van der Waals surface area (Å²) in [6.07, 6.45) is 4.40. The summed E-state index contributed by atoms with van der Waals surface area (Å²) in [5.74, 6) is -0.193. The van der Waals surface area contributed by atoms with Crippen molar-refractivity contribution in [2.75, 3.05) is 31.6 Å². The number of aromatic nitrogens is 2. The molecule has 0 bridgehead atoms. The van der Waals surface area contributed by atoms with Crippen LogP contribution in [0.4, 0.5) is 11.6 Å². The summed E-state index contributed by atoms with van der Waals surface area (Å²) in [6, 6.07) is 7.05. The van der Waals surface area contributed by atoms with Gasteiger partial charge < -0.3 is 19.7 Å². The normalized spacial score (nSPS) is 18.2. The van der Waals surface area contributed by atoms with E-state index < -0.39 is 5.79 Å². The van der Waals surface area contributed by atoms with Gasteiger partial charge >= 0.3 is 0 Å². The van der Waals surface area contributed by atoms with Crippen LogP contribution < -0.4 is 5.32 Å². The van der Waals surface area contributed by atoms with E-state index in [0.29, 0.717) is 56.2 Å². The minimum Gasteiger partial charge on any atom is -0.347 e. The number of nitrogens with zero attached hydrogens (tertiary/aromatic N) is 3. The third-order valence-electron chi connectivity index (χ3n) is 5.07. The maximum atomic E-state index is 12.7. The molecule has 28 heavy (non-hydrogen) atoms. The predicted molar refractivity (Wildman–Crippen MR) is 102 cm³/mol. The molecular weight excluding hydrogens is 360 g/mol. The number of carbonyl (C=O) groups is 2. The largest absolute Gasteiger partial charge is 0.347 e. The molecule has 146 valence electrons. The van der Waals surface area contributed by atoms with Crippen molar-refractivity contribution >= 4 is 23.3 Å². The molecule has 1 amide bonds. The molecule has 2 aliphatic rings. The van der Waals surface area contributed by atoms with Gasteiger partial charge in [0.15, 0.2) is 11.6 Å². The van der Waals surface area contributed by atoms with Gasteiger partial charge in [-0.3, -0.25) is 9.59 Å². The Morgan fingerprint density at radius 3 is 2.18 bits per heavy atom. The van der Waals surface area contributed by atoms with Crippen LogP contribution in [-0.4, -0.2) is 58.6 Å². The fourth-order valence-electron chi connectivity index (χ4n) is 3.44. The van der Waals surface area contributed by atoms with Crippen molar-refractivity contribution in [3.8, 4) is 0 Å². The molecule has 1 N–H and O–H groups in total. The molecule has 0 unspecified atom stereocenters. The standard InChI is InChI=1S/C20H22N4O4/c1-14(25)15-2-4-17(5-3-15)23-19-21-12-16(13-22-19)18(26)24-8-6-20(7-9-24)27-10-11-28-20/h2-5,12-13H,6-11H2,1H3,(H,21,22,23). The Kier molecular flexibility index (Phi) is 5.06. The Labute approximate surface area is 162 Å². The van der Waals surface area contributed by atoms with Gasteiger partial charge in [-0.05, 0) is 31.2 Å². The van der Waals surface area contributed by atoms with Crippen molar-refractivity contribution < 1.29 is 19.1 Å². The van der Waals surface area contributed by atoms with Crippen molar-refractivity contribution in [3.05, 3.63) is 47.8 Å². The number of hydrogen-bond acceptors (Lipinski definition) is 7. The molecular formula is C20H22N4O4. The Bertz CT molecular complexity index is 851. The summed E-state index contributed by atoms with van der Waals surface area (Å²) in [7, 11) is 0. The van der Waals surface area contributed by atoms with Crippen molar-refractivity contribution in [2.24, 2.45) is 0 Å². The number of amides is 1. The Hall–Kier alpha value is -2.84. The smallest absolute Gasteiger partial charge is 0.256 e. The van der Waals surface area contributed by atoms with E-state index in [1.165, 1.54) is 19.3 Å². The highest BCUT2D eigenvalue weighted by Gasteiger charge is 2.40. The van der Waals surface area contributed by atoms with Gasteiger partial charge in [0, 0.05) is 49.6 Å². The van der Waals surface area contributed by atoms with Crippen LogP contribution in [0.1, 0.15) is 40.5 Å². The zero-order valence-electron chi connectivity index (χ0n) is 15.7. The first-order valence-corrected chi connectivity index (χ1v) is 9.32. The van der Waals surface area contributed by atoms with Gasteiger partial charge in [0.2, 0.25) is 5.95 Å². The van der Waals surface area contributed by atoms with E-state index in [4.69, 9.17) is 9.47 Å². The number of ether oxygens (including phenoxy) is 2. The van der Waals surface area contributed by atoms with E-state index in [9.17, 15) is 9.59 Å².